The summed E-state index contributed by atoms with van der Waals surface area (Å²) in [7, 11) is 0. The molecular formula is C12H15F3N2O2. The number of benzene rings is 1. The average Bonchev–Trinajstić information content (AvgIpc) is 2.15. The van der Waals surface area contributed by atoms with Gasteiger partial charge in [-0.1, -0.05) is 0 Å². The predicted molar refractivity (Wildman–Crippen MR) is 65.0 cm³/mol. The van der Waals surface area contributed by atoms with E-state index in [1.807, 2.05) is 20.8 Å². The van der Waals surface area contributed by atoms with E-state index in [1.54, 1.807) is 0 Å². The lowest BCUT2D eigenvalue weighted by Crippen LogP contribution is -2.43. The first kappa shape index (κ1) is 15.1. The zero-order valence-electron chi connectivity index (χ0n) is 10.8. The second-order valence-electron chi connectivity index (χ2n) is 4.90. The highest BCUT2D eigenvalue weighted by Gasteiger charge is 2.30. The van der Waals surface area contributed by atoms with Gasteiger partial charge in [-0.05, 0) is 45.0 Å². The Morgan fingerprint density at radius 2 is 1.63 bits per heavy atom. The van der Waals surface area contributed by atoms with Gasteiger partial charge in [0.15, 0.2) is 0 Å². The van der Waals surface area contributed by atoms with E-state index >= 15 is 0 Å². The number of hydrogen-bond donors (Lipinski definition) is 2. The minimum atomic E-state index is -4.72. The summed E-state index contributed by atoms with van der Waals surface area (Å²) in [6.07, 6.45) is -4.72. The number of urea groups is 1. The number of hydrogen-bond acceptors (Lipinski definition) is 2. The summed E-state index contributed by atoms with van der Waals surface area (Å²) >= 11 is 0. The average molecular weight is 276 g/mol. The van der Waals surface area contributed by atoms with Gasteiger partial charge in [0.2, 0.25) is 0 Å². The van der Waals surface area contributed by atoms with Gasteiger partial charge in [-0.2, -0.15) is 0 Å². The molecular weight excluding hydrogens is 261 g/mol. The van der Waals surface area contributed by atoms with E-state index in [1.165, 1.54) is 12.1 Å². The van der Waals surface area contributed by atoms with Crippen LogP contribution in [-0.4, -0.2) is 17.9 Å². The summed E-state index contributed by atoms with van der Waals surface area (Å²) in [5, 5.41) is 5.16. The van der Waals surface area contributed by atoms with Gasteiger partial charge in [0.05, 0.1) is 0 Å². The lowest BCUT2D eigenvalue weighted by molar-refractivity contribution is -0.274. The van der Waals surface area contributed by atoms with Crippen molar-refractivity contribution in [3.05, 3.63) is 24.3 Å². The number of alkyl halides is 3. The number of rotatable bonds is 2. The molecule has 0 atom stereocenters. The van der Waals surface area contributed by atoms with Crippen LogP contribution in [-0.2, 0) is 0 Å². The number of carbonyl (C=O) groups is 1. The van der Waals surface area contributed by atoms with Crippen molar-refractivity contribution < 1.29 is 22.7 Å². The highest BCUT2D eigenvalue weighted by molar-refractivity contribution is 5.89. The zero-order valence-corrected chi connectivity index (χ0v) is 10.8. The lowest BCUT2D eigenvalue weighted by Gasteiger charge is -2.20. The maximum Gasteiger partial charge on any atom is 0.573 e. The minimum absolute atomic E-state index is 0.339. The van der Waals surface area contributed by atoms with Gasteiger partial charge in [0.1, 0.15) is 5.75 Å². The number of nitrogens with one attached hydrogen (secondary N) is 2. The van der Waals surface area contributed by atoms with E-state index in [4.69, 9.17) is 0 Å². The summed E-state index contributed by atoms with van der Waals surface area (Å²) in [5.41, 5.74) is -0.0278. The van der Waals surface area contributed by atoms with Crippen molar-refractivity contribution in [2.24, 2.45) is 0 Å². The highest BCUT2D eigenvalue weighted by Crippen LogP contribution is 2.23. The van der Waals surface area contributed by atoms with Crippen LogP contribution in [0.25, 0.3) is 0 Å². The van der Waals surface area contributed by atoms with Gasteiger partial charge in [-0.3, -0.25) is 0 Å². The summed E-state index contributed by atoms with van der Waals surface area (Å²) in [6.45, 7) is 5.44. The van der Waals surface area contributed by atoms with E-state index in [2.05, 4.69) is 15.4 Å². The SMILES string of the molecule is CC(C)(C)NC(=O)Nc1ccc(OC(F)(F)F)cc1. The molecule has 4 nitrogen and oxygen atoms in total. The van der Waals surface area contributed by atoms with E-state index in [0.29, 0.717) is 5.69 Å². The topological polar surface area (TPSA) is 50.4 Å². The quantitative estimate of drug-likeness (QED) is 0.868. The van der Waals surface area contributed by atoms with Crippen LogP contribution in [0.1, 0.15) is 20.8 Å². The number of halogens is 3. The Kier molecular flexibility index (Phi) is 4.28. The minimum Gasteiger partial charge on any atom is -0.406 e. The predicted octanol–water partition coefficient (Wildman–Crippen LogP) is 3.51. The number of ether oxygens (including phenoxy) is 1. The smallest absolute Gasteiger partial charge is 0.406 e. The summed E-state index contributed by atoms with van der Waals surface area (Å²) in [5.74, 6) is -0.339. The molecule has 0 aliphatic carbocycles. The molecule has 0 aliphatic rings. The van der Waals surface area contributed by atoms with E-state index < -0.39 is 17.9 Å². The Morgan fingerprint density at radius 1 is 1.11 bits per heavy atom. The van der Waals surface area contributed by atoms with E-state index in [-0.39, 0.29) is 5.75 Å². The van der Waals surface area contributed by atoms with Crippen molar-refractivity contribution in [2.75, 3.05) is 5.32 Å². The molecule has 1 rings (SSSR count). The molecule has 0 heterocycles. The maximum absolute atomic E-state index is 11.9. The molecule has 1 aromatic rings. The monoisotopic (exact) mass is 276 g/mol. The number of amides is 2. The van der Waals surface area contributed by atoms with Crippen molar-refractivity contribution in [1.29, 1.82) is 0 Å². The third kappa shape index (κ3) is 6.54. The fourth-order valence-corrected chi connectivity index (χ4v) is 1.24. The molecule has 1 aromatic carbocycles. The summed E-state index contributed by atoms with van der Waals surface area (Å²) in [4.78, 5) is 11.5. The Morgan fingerprint density at radius 3 is 2.05 bits per heavy atom. The van der Waals surface area contributed by atoms with E-state index in [9.17, 15) is 18.0 Å². The molecule has 0 saturated carbocycles. The van der Waals surface area contributed by atoms with Crippen LogP contribution in [0.3, 0.4) is 0 Å². The van der Waals surface area contributed by atoms with E-state index in [0.717, 1.165) is 12.1 Å². The Labute approximate surface area is 108 Å². The van der Waals surface area contributed by atoms with Gasteiger partial charge >= 0.3 is 12.4 Å². The van der Waals surface area contributed by atoms with Crippen LogP contribution in [0.2, 0.25) is 0 Å². The van der Waals surface area contributed by atoms with Crippen LogP contribution in [0.15, 0.2) is 24.3 Å². The molecule has 2 amide bonds. The molecule has 2 N–H and O–H groups in total. The third-order valence-electron chi connectivity index (χ3n) is 1.83. The first-order valence-electron chi connectivity index (χ1n) is 5.50. The van der Waals surface area contributed by atoms with Crippen LogP contribution >= 0.6 is 0 Å². The van der Waals surface area contributed by atoms with Crippen molar-refractivity contribution in [1.82, 2.24) is 5.32 Å². The molecule has 19 heavy (non-hydrogen) atoms. The molecule has 0 spiro atoms. The molecule has 0 fully saturated rings. The van der Waals surface area contributed by atoms with Crippen LogP contribution in [0, 0.1) is 0 Å². The van der Waals surface area contributed by atoms with Crippen LogP contribution in [0.5, 0.6) is 5.75 Å². The first-order valence-corrected chi connectivity index (χ1v) is 5.50. The van der Waals surface area contributed by atoms with Crippen LogP contribution < -0.4 is 15.4 Å². The van der Waals surface area contributed by atoms with Crippen LogP contribution in [0.4, 0.5) is 23.7 Å². The fraction of sp³-hybridized carbons (Fsp3) is 0.417. The Hall–Kier alpha value is -1.92. The Balaban J connectivity index is 2.60. The van der Waals surface area contributed by atoms with Gasteiger partial charge in [-0.15, -0.1) is 13.2 Å². The standard InChI is InChI=1S/C12H15F3N2O2/c1-11(2,3)17-10(18)16-8-4-6-9(7-5-8)19-12(13,14)15/h4-7H,1-3H3,(H2,16,17,18). The first-order chi connectivity index (χ1) is 8.55. The Bertz CT molecular complexity index is 436. The number of anilines is 1. The normalized spacial score (nSPS) is 11.9. The van der Waals surface area contributed by atoms with Crippen molar-refractivity contribution in [2.45, 2.75) is 32.7 Å². The zero-order chi connectivity index (χ0) is 14.7. The second-order valence-corrected chi connectivity index (χ2v) is 4.90. The van der Waals surface area contributed by atoms with Gasteiger partial charge < -0.3 is 15.4 Å². The third-order valence-corrected chi connectivity index (χ3v) is 1.83. The lowest BCUT2D eigenvalue weighted by atomic mass is 10.1. The molecule has 0 aliphatic heterocycles. The molecule has 0 unspecified atom stereocenters. The van der Waals surface area contributed by atoms with Crippen molar-refractivity contribution >= 4 is 11.7 Å². The number of carbonyl (C=O) groups excluding carboxylic acids is 1. The molecule has 0 radical (unpaired) electrons. The molecule has 0 aromatic heterocycles. The molecule has 7 heteroatoms. The van der Waals surface area contributed by atoms with Gasteiger partial charge in [0, 0.05) is 11.2 Å². The van der Waals surface area contributed by atoms with Crippen molar-refractivity contribution in [3.8, 4) is 5.75 Å². The largest absolute Gasteiger partial charge is 0.573 e. The fourth-order valence-electron chi connectivity index (χ4n) is 1.24. The van der Waals surface area contributed by atoms with Gasteiger partial charge in [0.25, 0.3) is 0 Å². The second kappa shape index (κ2) is 5.38. The maximum atomic E-state index is 11.9. The molecule has 106 valence electrons. The highest BCUT2D eigenvalue weighted by atomic mass is 19.4. The van der Waals surface area contributed by atoms with Crippen molar-refractivity contribution in [3.63, 3.8) is 0 Å². The summed E-state index contributed by atoms with van der Waals surface area (Å²) in [6, 6.07) is 4.46. The molecule has 0 bridgehead atoms. The van der Waals surface area contributed by atoms with Gasteiger partial charge in [-0.25, -0.2) is 4.79 Å². The summed E-state index contributed by atoms with van der Waals surface area (Å²) < 4.78 is 39.5. The molecule has 0 saturated heterocycles.